The molecule has 12 heteroatoms. The lowest BCUT2D eigenvalue weighted by Gasteiger charge is -2.25. The number of aliphatic imine (C=N–C) groups is 1. The van der Waals surface area contributed by atoms with E-state index in [1.165, 1.54) is 11.8 Å². The number of amides is 1. The molecule has 0 bridgehead atoms. The average molecular weight is 453 g/mol. The van der Waals surface area contributed by atoms with Crippen molar-refractivity contribution in [3.63, 3.8) is 0 Å². The third-order valence-electron chi connectivity index (χ3n) is 3.93. The first-order valence-corrected chi connectivity index (χ1v) is 11.1. The van der Waals surface area contributed by atoms with Crippen molar-refractivity contribution < 1.29 is 27.9 Å². The molecule has 3 rings (SSSR count). The molecule has 0 radical (unpaired) electrons. The minimum Gasteiger partial charge on any atom is -0.480 e. The number of thioether (sulfide) groups is 1. The van der Waals surface area contributed by atoms with Crippen molar-refractivity contribution >= 4 is 67.5 Å². The number of carbonyl (C=O) groups is 2. The summed E-state index contributed by atoms with van der Waals surface area (Å²) in [6.07, 6.45) is 0. The number of fused-ring (bicyclic) bond motifs is 1. The summed E-state index contributed by atoms with van der Waals surface area (Å²) in [5.74, 6) is -1.99. The standard InChI is InChI=1S/C15H14Cl2N2O6S2/c16-8-2-1-3-9(14(8)17)19-10-6-27(23,24)7-11(10)26-15(19)18-12(20)4-25-5-13(21)22/h1-3,10-11H,4-7H2,(H,21,22)/t10-,11+/m0/s1. The van der Waals surface area contributed by atoms with Crippen LogP contribution < -0.4 is 4.90 Å². The number of carboxylic acids is 1. The SMILES string of the molecule is O=C(O)COCC(=O)N=C1S[C@@H]2CS(=O)(=O)C[C@@H]2N1c1cccc(Cl)c1Cl. The van der Waals surface area contributed by atoms with Gasteiger partial charge in [-0.05, 0) is 12.1 Å². The maximum Gasteiger partial charge on any atom is 0.329 e. The predicted molar refractivity (Wildman–Crippen MR) is 104 cm³/mol. The van der Waals surface area contributed by atoms with Gasteiger partial charge in [-0.15, -0.1) is 0 Å². The number of halogens is 2. The van der Waals surface area contributed by atoms with Crippen LogP contribution in [-0.2, 0) is 24.2 Å². The highest BCUT2D eigenvalue weighted by Crippen LogP contribution is 2.44. The van der Waals surface area contributed by atoms with Crippen LogP contribution in [0.4, 0.5) is 5.69 Å². The summed E-state index contributed by atoms with van der Waals surface area (Å²) in [7, 11) is -3.21. The van der Waals surface area contributed by atoms with E-state index >= 15 is 0 Å². The lowest BCUT2D eigenvalue weighted by Crippen LogP contribution is -2.38. The van der Waals surface area contributed by atoms with Gasteiger partial charge in [0.2, 0.25) is 0 Å². The minimum atomic E-state index is -3.21. The number of nitrogens with zero attached hydrogens (tertiary/aromatic N) is 2. The fourth-order valence-corrected chi connectivity index (χ4v) is 7.20. The topological polar surface area (TPSA) is 113 Å². The fraction of sp³-hybridized carbons (Fsp3) is 0.400. The normalized spacial score (nSPS) is 25.0. The Kier molecular flexibility index (Phi) is 6.02. The van der Waals surface area contributed by atoms with Gasteiger partial charge >= 0.3 is 5.97 Å². The molecule has 8 nitrogen and oxygen atoms in total. The van der Waals surface area contributed by atoms with E-state index < -0.39 is 41.0 Å². The highest BCUT2D eigenvalue weighted by atomic mass is 35.5. The predicted octanol–water partition coefficient (Wildman–Crippen LogP) is 1.70. The number of carbonyl (C=O) groups excluding carboxylic acids is 1. The van der Waals surface area contributed by atoms with Crippen molar-refractivity contribution in [3.8, 4) is 0 Å². The van der Waals surface area contributed by atoms with Gasteiger partial charge in [-0.2, -0.15) is 4.99 Å². The van der Waals surface area contributed by atoms with Crippen molar-refractivity contribution in [2.24, 2.45) is 4.99 Å². The second kappa shape index (κ2) is 7.96. The highest BCUT2D eigenvalue weighted by molar-refractivity contribution is 8.16. The second-order valence-electron chi connectivity index (χ2n) is 5.92. The smallest absolute Gasteiger partial charge is 0.329 e. The zero-order valence-electron chi connectivity index (χ0n) is 13.7. The summed E-state index contributed by atoms with van der Waals surface area (Å²) in [4.78, 5) is 28.1. The molecular formula is C15H14Cl2N2O6S2. The molecule has 0 unspecified atom stereocenters. The van der Waals surface area contributed by atoms with Crippen LogP contribution in [0, 0.1) is 0 Å². The van der Waals surface area contributed by atoms with Crippen molar-refractivity contribution in [2.75, 3.05) is 29.6 Å². The van der Waals surface area contributed by atoms with Crippen molar-refractivity contribution in [3.05, 3.63) is 28.2 Å². The second-order valence-corrected chi connectivity index (χ2v) is 10.1. The molecule has 1 N–H and O–H groups in total. The van der Waals surface area contributed by atoms with Crippen LogP contribution in [0.3, 0.4) is 0 Å². The molecule has 27 heavy (non-hydrogen) atoms. The largest absolute Gasteiger partial charge is 0.480 e. The molecule has 2 atom stereocenters. The number of anilines is 1. The van der Waals surface area contributed by atoms with Crippen LogP contribution in [0.2, 0.25) is 10.0 Å². The molecule has 2 saturated heterocycles. The first kappa shape index (κ1) is 20.4. The number of hydrogen-bond donors (Lipinski definition) is 1. The van der Waals surface area contributed by atoms with E-state index in [2.05, 4.69) is 4.99 Å². The molecule has 0 aliphatic carbocycles. The number of rotatable bonds is 5. The van der Waals surface area contributed by atoms with Gasteiger partial charge in [-0.1, -0.05) is 41.0 Å². The summed E-state index contributed by atoms with van der Waals surface area (Å²) in [5, 5.41) is 9.06. The Balaban J connectivity index is 1.91. The molecule has 2 aliphatic heterocycles. The monoisotopic (exact) mass is 452 g/mol. The first-order valence-electron chi connectivity index (χ1n) is 7.69. The van der Waals surface area contributed by atoms with Crippen LogP contribution in [-0.4, -0.2) is 66.6 Å². The Bertz CT molecular complexity index is 921. The number of ether oxygens (including phenoxy) is 1. The van der Waals surface area contributed by atoms with Crippen LogP contribution in [0.1, 0.15) is 0 Å². The van der Waals surface area contributed by atoms with Gasteiger partial charge in [0.05, 0.1) is 33.3 Å². The average Bonchev–Trinajstić information content (AvgIpc) is 3.01. The number of sulfone groups is 1. The van der Waals surface area contributed by atoms with Crippen molar-refractivity contribution in [2.45, 2.75) is 11.3 Å². The molecule has 1 aromatic carbocycles. The highest BCUT2D eigenvalue weighted by Gasteiger charge is 2.49. The van der Waals surface area contributed by atoms with E-state index in [1.54, 1.807) is 23.1 Å². The third kappa shape index (κ3) is 4.57. The van der Waals surface area contributed by atoms with Crippen LogP contribution in [0.15, 0.2) is 23.2 Å². The molecule has 146 valence electrons. The van der Waals surface area contributed by atoms with E-state index in [4.69, 9.17) is 33.0 Å². The van der Waals surface area contributed by atoms with Gasteiger partial charge < -0.3 is 14.7 Å². The van der Waals surface area contributed by atoms with E-state index in [9.17, 15) is 18.0 Å². The first-order chi connectivity index (χ1) is 12.7. The molecule has 1 amide bonds. The van der Waals surface area contributed by atoms with Gasteiger partial charge in [0.15, 0.2) is 15.0 Å². The summed E-state index contributed by atoms with van der Waals surface area (Å²) in [6, 6.07) is 4.51. The van der Waals surface area contributed by atoms with Crippen molar-refractivity contribution in [1.29, 1.82) is 0 Å². The summed E-state index contributed by atoms with van der Waals surface area (Å²) in [5.41, 5.74) is 0.458. The van der Waals surface area contributed by atoms with Crippen LogP contribution in [0.5, 0.6) is 0 Å². The van der Waals surface area contributed by atoms with E-state index in [1.807, 2.05) is 0 Å². The number of amidine groups is 1. The van der Waals surface area contributed by atoms with E-state index in [-0.39, 0.29) is 26.9 Å². The van der Waals surface area contributed by atoms with E-state index in [0.29, 0.717) is 10.7 Å². The molecule has 0 saturated carbocycles. The fourth-order valence-electron chi connectivity index (χ4n) is 2.89. The number of carboxylic acid groups (broad SMARTS) is 1. The zero-order chi connectivity index (χ0) is 19.8. The maximum absolute atomic E-state index is 12.0. The van der Waals surface area contributed by atoms with Gasteiger partial charge in [0.25, 0.3) is 5.91 Å². The summed E-state index contributed by atoms with van der Waals surface area (Å²) >= 11 is 13.5. The Hall–Kier alpha value is -1.33. The molecule has 0 aromatic heterocycles. The molecule has 2 aliphatic rings. The Labute approximate surface area is 169 Å². The quantitative estimate of drug-likeness (QED) is 0.717. The summed E-state index contributed by atoms with van der Waals surface area (Å²) < 4.78 is 28.8. The molecule has 0 spiro atoms. The third-order valence-corrected chi connectivity index (χ3v) is 7.95. The molecule has 1 aromatic rings. The van der Waals surface area contributed by atoms with Gasteiger partial charge in [0, 0.05) is 5.25 Å². The number of aliphatic carboxylic acids is 1. The molecule has 2 fully saturated rings. The maximum atomic E-state index is 12.0. The minimum absolute atomic E-state index is 0.0280. The van der Waals surface area contributed by atoms with Crippen LogP contribution >= 0.6 is 35.0 Å². The molecular weight excluding hydrogens is 439 g/mol. The lowest BCUT2D eigenvalue weighted by atomic mass is 10.2. The van der Waals surface area contributed by atoms with Crippen LogP contribution in [0.25, 0.3) is 0 Å². The van der Waals surface area contributed by atoms with Gasteiger partial charge in [-0.3, -0.25) is 4.79 Å². The number of benzene rings is 1. The molecule has 2 heterocycles. The lowest BCUT2D eigenvalue weighted by molar-refractivity contribution is -0.143. The Morgan fingerprint density at radius 2 is 2.04 bits per heavy atom. The van der Waals surface area contributed by atoms with Gasteiger partial charge in [-0.25, -0.2) is 13.2 Å². The van der Waals surface area contributed by atoms with Crippen molar-refractivity contribution in [1.82, 2.24) is 0 Å². The Morgan fingerprint density at radius 3 is 2.74 bits per heavy atom. The van der Waals surface area contributed by atoms with E-state index in [0.717, 1.165) is 0 Å². The Morgan fingerprint density at radius 1 is 1.30 bits per heavy atom. The summed E-state index contributed by atoms with van der Waals surface area (Å²) in [6.45, 7) is -1.11. The zero-order valence-corrected chi connectivity index (χ0v) is 16.8. The van der Waals surface area contributed by atoms with Gasteiger partial charge in [0.1, 0.15) is 13.2 Å². The number of hydrogen-bond acceptors (Lipinski definition) is 6.